The van der Waals surface area contributed by atoms with Gasteiger partial charge in [-0.05, 0) is 24.6 Å². The van der Waals surface area contributed by atoms with E-state index in [9.17, 15) is 8.78 Å². The van der Waals surface area contributed by atoms with Gasteiger partial charge in [0.2, 0.25) is 0 Å². The molecule has 5 nitrogen and oxygen atoms in total. The molecule has 0 bridgehead atoms. The van der Waals surface area contributed by atoms with E-state index < -0.39 is 13.0 Å². The smallest absolute Gasteiger partial charge is 0.321 e. The standard InChI is InChI=1S/C12H13F2N3O2/c1-8-16-12(19-17-8)15-6-9-2-4-10(5-3-9)18-7-11(13)14/h2-5,11H,6-7H2,1H3,(H,15,16,17). The summed E-state index contributed by atoms with van der Waals surface area (Å²) in [6, 6.07) is 7.17. The van der Waals surface area contributed by atoms with E-state index in [1.807, 2.05) is 0 Å². The molecule has 0 atom stereocenters. The van der Waals surface area contributed by atoms with E-state index in [1.54, 1.807) is 31.2 Å². The van der Waals surface area contributed by atoms with E-state index >= 15 is 0 Å². The number of hydrogen-bond donors (Lipinski definition) is 1. The number of benzene rings is 1. The van der Waals surface area contributed by atoms with Crippen LogP contribution in [0.5, 0.6) is 5.75 Å². The van der Waals surface area contributed by atoms with Crippen LogP contribution in [0.3, 0.4) is 0 Å². The quantitative estimate of drug-likeness (QED) is 0.873. The van der Waals surface area contributed by atoms with Gasteiger partial charge in [0.25, 0.3) is 6.43 Å². The van der Waals surface area contributed by atoms with Crippen LogP contribution in [0.2, 0.25) is 0 Å². The Hall–Kier alpha value is -2.18. The molecule has 7 heteroatoms. The van der Waals surface area contributed by atoms with Crippen molar-refractivity contribution in [2.24, 2.45) is 0 Å². The molecule has 1 aromatic carbocycles. The van der Waals surface area contributed by atoms with Gasteiger partial charge < -0.3 is 14.6 Å². The van der Waals surface area contributed by atoms with Crippen molar-refractivity contribution >= 4 is 6.01 Å². The van der Waals surface area contributed by atoms with Crippen molar-refractivity contribution in [3.8, 4) is 5.75 Å². The van der Waals surface area contributed by atoms with Gasteiger partial charge in [-0.1, -0.05) is 17.3 Å². The van der Waals surface area contributed by atoms with Gasteiger partial charge in [-0.15, -0.1) is 0 Å². The highest BCUT2D eigenvalue weighted by molar-refractivity contribution is 5.30. The lowest BCUT2D eigenvalue weighted by Crippen LogP contribution is -2.07. The van der Waals surface area contributed by atoms with Gasteiger partial charge in [-0.25, -0.2) is 8.78 Å². The molecule has 0 amide bonds. The molecule has 0 spiro atoms. The first-order chi connectivity index (χ1) is 9.13. The minimum atomic E-state index is -2.47. The Labute approximate surface area is 108 Å². The molecule has 0 saturated carbocycles. The van der Waals surface area contributed by atoms with E-state index in [0.29, 0.717) is 24.1 Å². The monoisotopic (exact) mass is 269 g/mol. The number of hydrogen-bond acceptors (Lipinski definition) is 5. The van der Waals surface area contributed by atoms with Crippen LogP contribution in [0.4, 0.5) is 14.8 Å². The summed E-state index contributed by atoms with van der Waals surface area (Å²) in [7, 11) is 0. The number of anilines is 1. The molecule has 0 saturated heterocycles. The van der Waals surface area contributed by atoms with Gasteiger partial charge in [0.15, 0.2) is 5.82 Å². The van der Waals surface area contributed by atoms with Crippen molar-refractivity contribution in [1.82, 2.24) is 10.1 Å². The number of halogens is 2. The Bertz CT molecular complexity index is 514. The van der Waals surface area contributed by atoms with Gasteiger partial charge in [0, 0.05) is 6.54 Å². The molecule has 0 fully saturated rings. The van der Waals surface area contributed by atoms with Crippen molar-refractivity contribution in [3.05, 3.63) is 35.7 Å². The number of alkyl halides is 2. The van der Waals surface area contributed by atoms with Crippen molar-refractivity contribution < 1.29 is 18.0 Å². The van der Waals surface area contributed by atoms with Gasteiger partial charge in [-0.3, -0.25) is 0 Å². The van der Waals surface area contributed by atoms with Crippen LogP contribution in [0.1, 0.15) is 11.4 Å². The first-order valence-corrected chi connectivity index (χ1v) is 5.67. The second-order valence-corrected chi connectivity index (χ2v) is 3.85. The van der Waals surface area contributed by atoms with Crippen molar-refractivity contribution in [3.63, 3.8) is 0 Å². The molecule has 0 aliphatic carbocycles. The lowest BCUT2D eigenvalue weighted by atomic mass is 10.2. The maximum Gasteiger partial charge on any atom is 0.321 e. The summed E-state index contributed by atoms with van der Waals surface area (Å²) in [5, 5.41) is 6.59. The summed E-state index contributed by atoms with van der Waals surface area (Å²) in [4.78, 5) is 4.00. The Morgan fingerprint density at radius 1 is 1.32 bits per heavy atom. The zero-order chi connectivity index (χ0) is 13.7. The molecule has 19 heavy (non-hydrogen) atoms. The molecule has 0 unspecified atom stereocenters. The van der Waals surface area contributed by atoms with Crippen LogP contribution in [0.25, 0.3) is 0 Å². The lowest BCUT2D eigenvalue weighted by molar-refractivity contribution is 0.0819. The Morgan fingerprint density at radius 2 is 2.05 bits per heavy atom. The van der Waals surface area contributed by atoms with Crippen molar-refractivity contribution in [2.75, 3.05) is 11.9 Å². The molecule has 1 N–H and O–H groups in total. The van der Waals surface area contributed by atoms with Crippen LogP contribution in [-0.4, -0.2) is 23.2 Å². The first kappa shape index (κ1) is 13.3. The summed E-state index contributed by atoms with van der Waals surface area (Å²) in [6.07, 6.45) is -2.47. The Kier molecular flexibility index (Phi) is 4.27. The van der Waals surface area contributed by atoms with Crippen LogP contribution in [0, 0.1) is 6.92 Å². The summed E-state index contributed by atoms with van der Waals surface area (Å²) < 4.78 is 33.7. The summed E-state index contributed by atoms with van der Waals surface area (Å²) in [5.41, 5.74) is 0.945. The molecule has 2 aromatic rings. The fourth-order valence-corrected chi connectivity index (χ4v) is 1.41. The third kappa shape index (κ3) is 4.20. The van der Waals surface area contributed by atoms with E-state index in [-0.39, 0.29) is 0 Å². The van der Waals surface area contributed by atoms with E-state index in [1.165, 1.54) is 0 Å². The average molecular weight is 269 g/mol. The van der Waals surface area contributed by atoms with Gasteiger partial charge in [0.05, 0.1) is 0 Å². The zero-order valence-electron chi connectivity index (χ0n) is 10.3. The van der Waals surface area contributed by atoms with Crippen molar-refractivity contribution in [1.29, 1.82) is 0 Å². The number of aryl methyl sites for hydroxylation is 1. The van der Waals surface area contributed by atoms with Crippen molar-refractivity contribution in [2.45, 2.75) is 19.9 Å². The second kappa shape index (κ2) is 6.12. The molecule has 0 radical (unpaired) electrons. The second-order valence-electron chi connectivity index (χ2n) is 3.85. The zero-order valence-corrected chi connectivity index (χ0v) is 10.3. The first-order valence-electron chi connectivity index (χ1n) is 5.67. The number of aromatic nitrogens is 2. The molecule has 0 aliphatic heterocycles. The largest absolute Gasteiger partial charge is 0.488 e. The Balaban J connectivity index is 1.84. The number of nitrogens with zero attached hydrogens (tertiary/aromatic N) is 2. The maximum absolute atomic E-state index is 12.0. The van der Waals surface area contributed by atoms with Gasteiger partial charge in [-0.2, -0.15) is 4.98 Å². The lowest BCUT2D eigenvalue weighted by Gasteiger charge is -2.06. The van der Waals surface area contributed by atoms with Crippen LogP contribution in [0.15, 0.2) is 28.8 Å². The summed E-state index contributed by atoms with van der Waals surface area (Å²) in [6.45, 7) is 1.62. The highest BCUT2D eigenvalue weighted by Gasteiger charge is 2.04. The van der Waals surface area contributed by atoms with E-state index in [4.69, 9.17) is 9.26 Å². The number of rotatable bonds is 6. The molecule has 1 heterocycles. The fourth-order valence-electron chi connectivity index (χ4n) is 1.41. The molecule has 102 valence electrons. The third-order valence-corrected chi connectivity index (χ3v) is 2.27. The molecule has 2 rings (SSSR count). The van der Waals surface area contributed by atoms with Gasteiger partial charge in [0.1, 0.15) is 12.4 Å². The number of ether oxygens (including phenoxy) is 1. The maximum atomic E-state index is 12.0. The molecular weight excluding hydrogens is 256 g/mol. The normalized spacial score (nSPS) is 10.7. The molecular formula is C12H13F2N3O2. The predicted octanol–water partition coefficient (Wildman–Crippen LogP) is 2.63. The van der Waals surface area contributed by atoms with Crippen LogP contribution >= 0.6 is 0 Å². The minimum absolute atomic E-state index is 0.343. The van der Waals surface area contributed by atoms with Crippen LogP contribution in [-0.2, 0) is 6.54 Å². The minimum Gasteiger partial charge on any atom is -0.488 e. The van der Waals surface area contributed by atoms with E-state index in [0.717, 1.165) is 5.56 Å². The van der Waals surface area contributed by atoms with Gasteiger partial charge >= 0.3 is 6.01 Å². The molecule has 0 aliphatic rings. The van der Waals surface area contributed by atoms with E-state index in [2.05, 4.69) is 15.5 Å². The number of nitrogens with one attached hydrogen (secondary N) is 1. The highest BCUT2D eigenvalue weighted by atomic mass is 19.3. The average Bonchev–Trinajstić information content (AvgIpc) is 2.81. The molecule has 1 aromatic heterocycles. The summed E-state index contributed by atoms with van der Waals surface area (Å²) >= 11 is 0. The summed E-state index contributed by atoms with van der Waals surface area (Å²) in [5.74, 6) is 0.968. The predicted molar refractivity (Wildman–Crippen MR) is 64.3 cm³/mol. The fraction of sp³-hybridized carbons (Fsp3) is 0.333. The topological polar surface area (TPSA) is 60.2 Å². The SMILES string of the molecule is Cc1noc(NCc2ccc(OCC(F)F)cc2)n1. The Morgan fingerprint density at radius 3 is 2.63 bits per heavy atom. The highest BCUT2D eigenvalue weighted by Crippen LogP contribution is 2.14. The third-order valence-electron chi connectivity index (χ3n) is 2.27. The van der Waals surface area contributed by atoms with Crippen LogP contribution < -0.4 is 10.1 Å².